The molecule has 0 amide bonds. The number of aryl methyl sites for hydroxylation is 1. The SMILES string of the molecule is CCCCCCCOC(=O)CCC(=O)OCc1cccc(C)c1. The van der Waals surface area contributed by atoms with Crippen LogP contribution < -0.4 is 0 Å². The quantitative estimate of drug-likeness (QED) is 0.450. The van der Waals surface area contributed by atoms with Crippen molar-refractivity contribution in [3.63, 3.8) is 0 Å². The van der Waals surface area contributed by atoms with Crippen LogP contribution in [0.5, 0.6) is 0 Å². The van der Waals surface area contributed by atoms with Gasteiger partial charge in [-0.15, -0.1) is 0 Å². The van der Waals surface area contributed by atoms with Crippen molar-refractivity contribution in [3.05, 3.63) is 35.4 Å². The van der Waals surface area contributed by atoms with Gasteiger partial charge < -0.3 is 9.47 Å². The molecule has 0 fully saturated rings. The lowest BCUT2D eigenvalue weighted by molar-refractivity contribution is -0.151. The summed E-state index contributed by atoms with van der Waals surface area (Å²) in [4.78, 5) is 23.1. The van der Waals surface area contributed by atoms with Crippen LogP contribution in [0.3, 0.4) is 0 Å². The monoisotopic (exact) mass is 320 g/mol. The van der Waals surface area contributed by atoms with E-state index in [0.29, 0.717) is 6.61 Å². The van der Waals surface area contributed by atoms with Crippen LogP contribution in [0.2, 0.25) is 0 Å². The molecule has 0 aliphatic carbocycles. The Morgan fingerprint density at radius 2 is 1.65 bits per heavy atom. The highest BCUT2D eigenvalue weighted by molar-refractivity contribution is 5.77. The van der Waals surface area contributed by atoms with Crippen molar-refractivity contribution in [2.45, 2.75) is 65.4 Å². The molecule has 1 aromatic carbocycles. The zero-order chi connectivity index (χ0) is 16.9. The lowest BCUT2D eigenvalue weighted by atomic mass is 10.1. The molecular formula is C19H28O4. The molecule has 4 nitrogen and oxygen atoms in total. The second-order valence-electron chi connectivity index (χ2n) is 5.78. The standard InChI is InChI=1S/C19H28O4/c1-3-4-5-6-7-13-22-18(20)11-12-19(21)23-15-17-10-8-9-16(2)14-17/h8-10,14H,3-7,11-13,15H2,1-2H3. The molecular weight excluding hydrogens is 292 g/mol. The summed E-state index contributed by atoms with van der Waals surface area (Å²) in [5.41, 5.74) is 2.08. The number of carbonyl (C=O) groups excluding carboxylic acids is 2. The Labute approximate surface area is 139 Å². The van der Waals surface area contributed by atoms with E-state index >= 15 is 0 Å². The minimum Gasteiger partial charge on any atom is -0.466 e. The first kappa shape index (κ1) is 19.2. The van der Waals surface area contributed by atoms with Crippen LogP contribution in [-0.4, -0.2) is 18.5 Å². The van der Waals surface area contributed by atoms with E-state index in [2.05, 4.69) is 6.92 Å². The van der Waals surface area contributed by atoms with Crippen LogP contribution in [-0.2, 0) is 25.7 Å². The van der Waals surface area contributed by atoms with Crippen molar-refractivity contribution >= 4 is 11.9 Å². The summed E-state index contributed by atoms with van der Waals surface area (Å²) in [6.07, 6.45) is 5.73. The summed E-state index contributed by atoms with van der Waals surface area (Å²) in [5, 5.41) is 0. The maximum absolute atomic E-state index is 11.6. The molecule has 0 atom stereocenters. The molecule has 0 N–H and O–H groups in total. The molecule has 0 radical (unpaired) electrons. The molecule has 0 saturated heterocycles. The molecule has 23 heavy (non-hydrogen) atoms. The number of unbranched alkanes of at least 4 members (excludes halogenated alkanes) is 4. The molecule has 0 unspecified atom stereocenters. The van der Waals surface area contributed by atoms with Crippen molar-refractivity contribution in [1.29, 1.82) is 0 Å². The van der Waals surface area contributed by atoms with Gasteiger partial charge in [0.2, 0.25) is 0 Å². The molecule has 1 aromatic rings. The maximum atomic E-state index is 11.6. The molecule has 1 rings (SSSR count). The van der Waals surface area contributed by atoms with Crippen LogP contribution >= 0.6 is 0 Å². The number of rotatable bonds is 11. The first-order valence-corrected chi connectivity index (χ1v) is 8.48. The summed E-state index contributed by atoms with van der Waals surface area (Å²) in [6, 6.07) is 7.80. The van der Waals surface area contributed by atoms with Gasteiger partial charge >= 0.3 is 11.9 Å². The Kier molecular flexibility index (Phi) is 9.76. The van der Waals surface area contributed by atoms with Gasteiger partial charge in [0.25, 0.3) is 0 Å². The molecule has 0 aromatic heterocycles. The van der Waals surface area contributed by atoms with Gasteiger partial charge in [-0.1, -0.05) is 62.4 Å². The van der Waals surface area contributed by atoms with Crippen LogP contribution in [0.1, 0.15) is 63.0 Å². The highest BCUT2D eigenvalue weighted by Crippen LogP contribution is 2.07. The Hall–Kier alpha value is -1.84. The first-order chi connectivity index (χ1) is 11.1. The summed E-state index contributed by atoms with van der Waals surface area (Å²) >= 11 is 0. The lowest BCUT2D eigenvalue weighted by Crippen LogP contribution is -2.11. The second kappa shape index (κ2) is 11.7. The van der Waals surface area contributed by atoms with E-state index in [1.807, 2.05) is 31.2 Å². The second-order valence-corrected chi connectivity index (χ2v) is 5.78. The maximum Gasteiger partial charge on any atom is 0.306 e. The molecule has 128 valence electrons. The number of hydrogen-bond acceptors (Lipinski definition) is 4. The summed E-state index contributed by atoms with van der Waals surface area (Å²) in [6.45, 7) is 4.84. The number of carbonyl (C=O) groups is 2. The third-order valence-electron chi connectivity index (χ3n) is 3.53. The van der Waals surface area contributed by atoms with E-state index in [0.717, 1.165) is 24.0 Å². The highest BCUT2D eigenvalue weighted by atomic mass is 16.5. The van der Waals surface area contributed by atoms with Gasteiger partial charge in [-0.3, -0.25) is 9.59 Å². The molecule has 4 heteroatoms. The average Bonchev–Trinajstić information content (AvgIpc) is 2.54. The zero-order valence-corrected chi connectivity index (χ0v) is 14.3. The summed E-state index contributed by atoms with van der Waals surface area (Å²) in [7, 11) is 0. The number of benzene rings is 1. The Morgan fingerprint density at radius 1 is 0.957 bits per heavy atom. The lowest BCUT2D eigenvalue weighted by Gasteiger charge is -2.06. The van der Waals surface area contributed by atoms with Crippen molar-refractivity contribution in [1.82, 2.24) is 0 Å². The summed E-state index contributed by atoms with van der Waals surface area (Å²) < 4.78 is 10.3. The fraction of sp³-hybridized carbons (Fsp3) is 0.579. The van der Waals surface area contributed by atoms with Crippen LogP contribution in [0.15, 0.2) is 24.3 Å². The normalized spacial score (nSPS) is 10.3. The minimum absolute atomic E-state index is 0.0699. The predicted octanol–water partition coefficient (Wildman–Crippen LogP) is 4.33. The average molecular weight is 320 g/mol. The van der Waals surface area contributed by atoms with Crippen LogP contribution in [0, 0.1) is 6.92 Å². The fourth-order valence-electron chi connectivity index (χ4n) is 2.21. The Bertz CT molecular complexity index is 482. The summed E-state index contributed by atoms with van der Waals surface area (Å²) in [5.74, 6) is -0.695. The topological polar surface area (TPSA) is 52.6 Å². The fourth-order valence-corrected chi connectivity index (χ4v) is 2.21. The van der Waals surface area contributed by atoms with Crippen molar-refractivity contribution in [2.75, 3.05) is 6.61 Å². The van der Waals surface area contributed by atoms with E-state index in [1.165, 1.54) is 19.3 Å². The van der Waals surface area contributed by atoms with E-state index < -0.39 is 0 Å². The smallest absolute Gasteiger partial charge is 0.306 e. The van der Waals surface area contributed by atoms with Gasteiger partial charge in [-0.05, 0) is 18.9 Å². The van der Waals surface area contributed by atoms with E-state index in [4.69, 9.17) is 9.47 Å². The number of ether oxygens (including phenoxy) is 2. The van der Waals surface area contributed by atoms with Crippen LogP contribution in [0.25, 0.3) is 0 Å². The van der Waals surface area contributed by atoms with Crippen LogP contribution in [0.4, 0.5) is 0 Å². The van der Waals surface area contributed by atoms with Gasteiger partial charge in [0, 0.05) is 0 Å². The number of hydrogen-bond donors (Lipinski definition) is 0. The van der Waals surface area contributed by atoms with E-state index in [-0.39, 0.29) is 31.4 Å². The van der Waals surface area contributed by atoms with Crippen molar-refractivity contribution < 1.29 is 19.1 Å². The zero-order valence-electron chi connectivity index (χ0n) is 14.3. The molecule has 0 aliphatic rings. The molecule has 0 heterocycles. The van der Waals surface area contributed by atoms with Gasteiger partial charge in [0.15, 0.2) is 0 Å². The predicted molar refractivity (Wildman–Crippen MR) is 89.9 cm³/mol. The van der Waals surface area contributed by atoms with Crippen molar-refractivity contribution in [2.24, 2.45) is 0 Å². The highest BCUT2D eigenvalue weighted by Gasteiger charge is 2.09. The van der Waals surface area contributed by atoms with Crippen molar-refractivity contribution in [3.8, 4) is 0 Å². The van der Waals surface area contributed by atoms with Gasteiger partial charge in [-0.25, -0.2) is 0 Å². The molecule has 0 saturated carbocycles. The third-order valence-corrected chi connectivity index (χ3v) is 3.53. The van der Waals surface area contributed by atoms with E-state index in [9.17, 15) is 9.59 Å². The molecule has 0 spiro atoms. The number of esters is 2. The molecule has 0 aliphatic heterocycles. The largest absolute Gasteiger partial charge is 0.466 e. The van der Waals surface area contributed by atoms with Gasteiger partial charge in [0.1, 0.15) is 6.61 Å². The Morgan fingerprint density at radius 3 is 2.35 bits per heavy atom. The third kappa shape index (κ3) is 9.72. The first-order valence-electron chi connectivity index (χ1n) is 8.48. The minimum atomic E-state index is -0.369. The Balaban J connectivity index is 2.07. The van der Waals surface area contributed by atoms with Gasteiger partial charge in [0.05, 0.1) is 19.4 Å². The van der Waals surface area contributed by atoms with E-state index in [1.54, 1.807) is 0 Å². The molecule has 0 bridgehead atoms. The van der Waals surface area contributed by atoms with Gasteiger partial charge in [-0.2, -0.15) is 0 Å².